The normalized spacial score (nSPS) is 16.8. The van der Waals surface area contributed by atoms with Gasteiger partial charge in [-0.2, -0.15) is 4.99 Å². The number of pyridine rings is 1. The Labute approximate surface area is 118 Å². The zero-order valence-electron chi connectivity index (χ0n) is 11.9. The summed E-state index contributed by atoms with van der Waals surface area (Å²) >= 11 is 0. The molecule has 102 valence electrons. The van der Waals surface area contributed by atoms with E-state index in [2.05, 4.69) is 42.0 Å². The Bertz CT molecular complexity index is 695. The van der Waals surface area contributed by atoms with Gasteiger partial charge in [-0.05, 0) is 47.8 Å². The number of fused-ring (bicyclic) bond motifs is 1. The number of aliphatic imine (C=N–C) groups is 1. The highest BCUT2D eigenvalue weighted by Gasteiger charge is 2.38. The van der Waals surface area contributed by atoms with E-state index < -0.39 is 0 Å². The van der Waals surface area contributed by atoms with Gasteiger partial charge in [0.2, 0.25) is 6.08 Å². The number of rotatable bonds is 3. The molecule has 1 aliphatic rings. The lowest BCUT2D eigenvalue weighted by Crippen LogP contribution is -2.31. The quantitative estimate of drug-likeness (QED) is 0.620. The molecule has 1 fully saturated rings. The Hall–Kier alpha value is -1.99. The van der Waals surface area contributed by atoms with Crippen LogP contribution in [0, 0.1) is 0 Å². The highest BCUT2D eigenvalue weighted by atomic mass is 16.1. The van der Waals surface area contributed by atoms with Gasteiger partial charge >= 0.3 is 0 Å². The molecule has 1 aliphatic carbocycles. The summed E-state index contributed by atoms with van der Waals surface area (Å²) < 4.78 is 0. The third-order valence-electron chi connectivity index (χ3n) is 4.39. The number of isocyanates is 1. The highest BCUT2D eigenvalue weighted by Crippen LogP contribution is 2.45. The van der Waals surface area contributed by atoms with Crippen LogP contribution >= 0.6 is 0 Å². The van der Waals surface area contributed by atoms with Crippen LogP contribution in [-0.2, 0) is 10.3 Å². The number of hydrogen-bond donors (Lipinski definition) is 0. The molecule has 0 spiro atoms. The van der Waals surface area contributed by atoms with Gasteiger partial charge in [0.15, 0.2) is 0 Å². The van der Waals surface area contributed by atoms with Gasteiger partial charge in [-0.25, -0.2) is 4.79 Å². The van der Waals surface area contributed by atoms with E-state index in [1.165, 1.54) is 10.9 Å². The van der Waals surface area contributed by atoms with Crippen molar-refractivity contribution in [2.45, 2.75) is 44.6 Å². The first-order valence-corrected chi connectivity index (χ1v) is 7.13. The van der Waals surface area contributed by atoms with E-state index in [1.54, 1.807) is 6.08 Å². The van der Waals surface area contributed by atoms with E-state index in [0.29, 0.717) is 5.92 Å². The monoisotopic (exact) mass is 266 g/mol. The summed E-state index contributed by atoms with van der Waals surface area (Å²) in [6, 6.07) is 6.38. The summed E-state index contributed by atoms with van der Waals surface area (Å²) in [5.74, 6) is 0.447. The van der Waals surface area contributed by atoms with E-state index in [9.17, 15) is 4.79 Å². The minimum Gasteiger partial charge on any atom is -0.264 e. The predicted molar refractivity (Wildman–Crippen MR) is 79.5 cm³/mol. The molecule has 20 heavy (non-hydrogen) atoms. The highest BCUT2D eigenvalue weighted by molar-refractivity contribution is 5.86. The molecule has 0 radical (unpaired) electrons. The molecule has 0 unspecified atom stereocenters. The average Bonchev–Trinajstić information content (AvgIpc) is 2.41. The number of nitrogens with zero attached hydrogens (tertiary/aromatic N) is 2. The van der Waals surface area contributed by atoms with Crippen LogP contribution in [0.25, 0.3) is 10.8 Å². The second-order valence-electron chi connectivity index (χ2n) is 5.91. The van der Waals surface area contributed by atoms with Crippen molar-refractivity contribution >= 4 is 16.9 Å². The van der Waals surface area contributed by atoms with E-state index in [4.69, 9.17) is 0 Å². The summed E-state index contributed by atoms with van der Waals surface area (Å²) in [5.41, 5.74) is 2.04. The maximum absolute atomic E-state index is 10.7. The van der Waals surface area contributed by atoms with Gasteiger partial charge in [0.05, 0.1) is 5.54 Å². The van der Waals surface area contributed by atoms with Crippen LogP contribution in [0.3, 0.4) is 0 Å². The maximum Gasteiger partial charge on any atom is 0.235 e. The average molecular weight is 266 g/mol. The summed E-state index contributed by atoms with van der Waals surface area (Å²) in [6.07, 6.45) is 8.57. The van der Waals surface area contributed by atoms with E-state index in [1.807, 2.05) is 12.4 Å². The fourth-order valence-electron chi connectivity index (χ4n) is 3.01. The number of aromatic nitrogens is 1. The van der Waals surface area contributed by atoms with Crippen molar-refractivity contribution < 1.29 is 4.79 Å². The third kappa shape index (κ3) is 1.95. The van der Waals surface area contributed by atoms with Crippen molar-refractivity contribution in [2.24, 2.45) is 4.99 Å². The van der Waals surface area contributed by atoms with Crippen molar-refractivity contribution in [3.8, 4) is 0 Å². The SMILES string of the molecule is CC(C)c1cncc2cc(C3(N=C=O)CCC3)ccc12. The van der Waals surface area contributed by atoms with Crippen molar-refractivity contribution in [1.29, 1.82) is 0 Å². The van der Waals surface area contributed by atoms with E-state index in [0.717, 1.165) is 30.2 Å². The summed E-state index contributed by atoms with van der Waals surface area (Å²) in [6.45, 7) is 4.35. The fourth-order valence-corrected chi connectivity index (χ4v) is 3.01. The van der Waals surface area contributed by atoms with Crippen molar-refractivity contribution in [1.82, 2.24) is 4.98 Å². The fraction of sp³-hybridized carbons (Fsp3) is 0.412. The molecule has 3 nitrogen and oxygen atoms in total. The molecule has 1 aromatic carbocycles. The first kappa shape index (κ1) is 13.0. The lowest BCUT2D eigenvalue weighted by atomic mass is 9.72. The zero-order chi connectivity index (χ0) is 14.2. The molecule has 2 aromatic rings. The molecular formula is C17H18N2O. The molecule has 0 saturated heterocycles. The van der Waals surface area contributed by atoms with Gasteiger partial charge < -0.3 is 0 Å². The largest absolute Gasteiger partial charge is 0.264 e. The van der Waals surface area contributed by atoms with Crippen molar-refractivity contribution in [2.75, 3.05) is 0 Å². The standard InChI is InChI=1S/C17H18N2O/c1-12(2)16-10-18-9-13-8-14(4-5-15(13)16)17(19-11-20)6-3-7-17/h4-5,8-10,12H,3,6-7H2,1-2H3. The molecule has 0 bridgehead atoms. The topological polar surface area (TPSA) is 42.3 Å². The smallest absolute Gasteiger partial charge is 0.235 e. The zero-order valence-corrected chi connectivity index (χ0v) is 11.9. The first-order valence-electron chi connectivity index (χ1n) is 7.13. The Kier molecular flexibility index (Phi) is 3.15. The molecule has 0 N–H and O–H groups in total. The minimum absolute atomic E-state index is 0.330. The van der Waals surface area contributed by atoms with Gasteiger partial charge in [0.1, 0.15) is 0 Å². The third-order valence-corrected chi connectivity index (χ3v) is 4.39. The van der Waals surface area contributed by atoms with Crippen LogP contribution in [0.5, 0.6) is 0 Å². The van der Waals surface area contributed by atoms with Gasteiger partial charge in [-0.15, -0.1) is 0 Å². The van der Waals surface area contributed by atoms with Gasteiger partial charge in [-0.3, -0.25) is 4.98 Å². The molecule has 3 heteroatoms. The van der Waals surface area contributed by atoms with Gasteiger partial charge in [0.25, 0.3) is 0 Å². The van der Waals surface area contributed by atoms with Crippen LogP contribution in [0.1, 0.15) is 50.2 Å². The molecule has 1 saturated carbocycles. The molecule has 0 atom stereocenters. The van der Waals surface area contributed by atoms with Crippen LogP contribution in [0.15, 0.2) is 35.6 Å². The minimum atomic E-state index is -0.330. The molecule has 1 heterocycles. The number of hydrogen-bond acceptors (Lipinski definition) is 3. The van der Waals surface area contributed by atoms with Crippen LogP contribution in [0.4, 0.5) is 0 Å². The molecule has 3 rings (SSSR count). The van der Waals surface area contributed by atoms with Crippen molar-refractivity contribution in [3.05, 3.63) is 41.7 Å². The summed E-state index contributed by atoms with van der Waals surface area (Å²) in [5, 5.41) is 2.37. The Balaban J connectivity index is 2.14. The summed E-state index contributed by atoms with van der Waals surface area (Å²) in [7, 11) is 0. The van der Waals surface area contributed by atoms with Crippen LogP contribution in [0.2, 0.25) is 0 Å². The second kappa shape index (κ2) is 4.84. The lowest BCUT2D eigenvalue weighted by Gasteiger charge is -2.37. The Morgan fingerprint density at radius 3 is 2.70 bits per heavy atom. The summed E-state index contributed by atoms with van der Waals surface area (Å²) in [4.78, 5) is 19.1. The number of benzene rings is 1. The molecule has 0 aliphatic heterocycles. The first-order chi connectivity index (χ1) is 9.66. The van der Waals surface area contributed by atoms with Crippen LogP contribution in [-0.4, -0.2) is 11.1 Å². The Morgan fingerprint density at radius 2 is 2.10 bits per heavy atom. The second-order valence-corrected chi connectivity index (χ2v) is 5.91. The van der Waals surface area contributed by atoms with Crippen molar-refractivity contribution in [3.63, 3.8) is 0 Å². The van der Waals surface area contributed by atoms with Crippen LogP contribution < -0.4 is 0 Å². The van der Waals surface area contributed by atoms with Gasteiger partial charge in [0, 0.05) is 17.8 Å². The van der Waals surface area contributed by atoms with Gasteiger partial charge in [-0.1, -0.05) is 26.0 Å². The molecule has 0 amide bonds. The predicted octanol–water partition coefficient (Wildman–Crippen LogP) is 4.07. The lowest BCUT2D eigenvalue weighted by molar-refractivity contribution is 0.256. The molecular weight excluding hydrogens is 248 g/mol. The van der Waals surface area contributed by atoms with E-state index >= 15 is 0 Å². The van der Waals surface area contributed by atoms with E-state index in [-0.39, 0.29) is 5.54 Å². The number of carbonyl (C=O) groups excluding carboxylic acids is 1. The Morgan fingerprint density at radius 1 is 1.30 bits per heavy atom. The molecule has 1 aromatic heterocycles. The maximum atomic E-state index is 10.7.